The van der Waals surface area contributed by atoms with Crippen LogP contribution in [0.15, 0.2) is 54.1 Å². The fourth-order valence-corrected chi connectivity index (χ4v) is 3.22. The summed E-state index contributed by atoms with van der Waals surface area (Å²) >= 11 is 0. The zero-order chi connectivity index (χ0) is 21.3. The molecule has 2 aromatic carbocycles. The minimum atomic E-state index is -0.267. The summed E-state index contributed by atoms with van der Waals surface area (Å²) in [6.07, 6.45) is 1.58. The fraction of sp³-hybridized carbons (Fsp3) is 0.261. The first-order chi connectivity index (χ1) is 14.6. The maximum absolute atomic E-state index is 12.8. The van der Waals surface area contributed by atoms with Gasteiger partial charge in [-0.3, -0.25) is 4.79 Å². The van der Waals surface area contributed by atoms with Crippen LogP contribution >= 0.6 is 0 Å². The molecule has 1 saturated heterocycles. The van der Waals surface area contributed by atoms with Crippen molar-refractivity contribution >= 4 is 17.7 Å². The number of nitriles is 2. The number of benzene rings is 2. The summed E-state index contributed by atoms with van der Waals surface area (Å²) in [4.78, 5) is 16.7. The van der Waals surface area contributed by atoms with Gasteiger partial charge in [-0.25, -0.2) is 0 Å². The molecular weight excluding hydrogens is 380 g/mol. The molecule has 1 amide bonds. The van der Waals surface area contributed by atoms with E-state index in [4.69, 9.17) is 14.7 Å². The number of ether oxygens (including phenoxy) is 2. The van der Waals surface area contributed by atoms with E-state index in [1.807, 2.05) is 36.4 Å². The highest BCUT2D eigenvalue weighted by Gasteiger charge is 2.24. The fourth-order valence-electron chi connectivity index (χ4n) is 3.22. The molecule has 0 aromatic heterocycles. The van der Waals surface area contributed by atoms with Crippen LogP contribution in [0.1, 0.15) is 5.56 Å². The van der Waals surface area contributed by atoms with Crippen LogP contribution in [0.2, 0.25) is 0 Å². The summed E-state index contributed by atoms with van der Waals surface area (Å²) in [5.74, 6) is 1.10. The van der Waals surface area contributed by atoms with E-state index in [1.165, 1.54) is 0 Å². The van der Waals surface area contributed by atoms with Crippen LogP contribution in [-0.4, -0.2) is 50.7 Å². The molecule has 0 bridgehead atoms. The minimum absolute atomic E-state index is 0.0282. The number of piperazine rings is 1. The molecule has 0 unspecified atom stereocenters. The van der Waals surface area contributed by atoms with Gasteiger partial charge in [-0.15, -0.1) is 0 Å². The van der Waals surface area contributed by atoms with E-state index in [1.54, 1.807) is 42.4 Å². The van der Waals surface area contributed by atoms with Crippen molar-refractivity contribution in [2.45, 2.75) is 0 Å². The molecule has 2 aromatic rings. The molecular formula is C23H22N4O3. The molecule has 152 valence electrons. The number of rotatable bonds is 6. The lowest BCUT2D eigenvalue weighted by atomic mass is 10.1. The third kappa shape index (κ3) is 5.09. The molecule has 1 fully saturated rings. The summed E-state index contributed by atoms with van der Waals surface area (Å²) in [7, 11) is 1.64. The van der Waals surface area contributed by atoms with Gasteiger partial charge in [0.05, 0.1) is 7.11 Å². The summed E-state index contributed by atoms with van der Waals surface area (Å²) in [5, 5.41) is 18.0. The average molecular weight is 402 g/mol. The van der Waals surface area contributed by atoms with E-state index in [2.05, 4.69) is 4.90 Å². The summed E-state index contributed by atoms with van der Waals surface area (Å²) in [5.41, 5.74) is 1.90. The van der Waals surface area contributed by atoms with E-state index >= 15 is 0 Å². The molecule has 7 nitrogen and oxygen atoms in total. The Kier molecular flexibility index (Phi) is 6.91. The van der Waals surface area contributed by atoms with Crippen molar-refractivity contribution < 1.29 is 14.3 Å². The van der Waals surface area contributed by atoms with Crippen LogP contribution in [0.3, 0.4) is 0 Å². The lowest BCUT2D eigenvalue weighted by Crippen LogP contribution is -2.49. The first-order valence-corrected chi connectivity index (χ1v) is 9.54. The first-order valence-electron chi connectivity index (χ1n) is 9.54. The SMILES string of the molecule is COc1ccc(N2CCN(C(=O)/C(C#N)=C/c3ccc(OCC#N)cc3)CC2)cc1. The number of nitrogens with zero attached hydrogens (tertiary/aromatic N) is 4. The van der Waals surface area contributed by atoms with Crippen LogP contribution in [0.25, 0.3) is 6.08 Å². The van der Waals surface area contributed by atoms with Gasteiger partial charge in [0, 0.05) is 31.9 Å². The van der Waals surface area contributed by atoms with Crippen LogP contribution in [0.4, 0.5) is 5.69 Å². The van der Waals surface area contributed by atoms with Crippen molar-refractivity contribution in [3.05, 3.63) is 59.7 Å². The molecule has 0 spiro atoms. The van der Waals surface area contributed by atoms with Crippen LogP contribution in [0.5, 0.6) is 11.5 Å². The number of methoxy groups -OCH3 is 1. The van der Waals surface area contributed by atoms with E-state index in [-0.39, 0.29) is 18.1 Å². The lowest BCUT2D eigenvalue weighted by molar-refractivity contribution is -0.126. The van der Waals surface area contributed by atoms with Crippen molar-refractivity contribution in [1.82, 2.24) is 4.90 Å². The Hall–Kier alpha value is -3.97. The number of anilines is 1. The van der Waals surface area contributed by atoms with E-state index in [0.717, 1.165) is 17.0 Å². The quantitative estimate of drug-likeness (QED) is 0.545. The third-order valence-corrected chi connectivity index (χ3v) is 4.85. The lowest BCUT2D eigenvalue weighted by Gasteiger charge is -2.36. The Labute approximate surface area is 176 Å². The Morgan fingerprint density at radius 1 is 1.00 bits per heavy atom. The Bertz CT molecular complexity index is 977. The molecule has 0 saturated carbocycles. The standard InChI is InChI=1S/C23H22N4O3/c1-29-21-8-4-20(5-9-21)26-11-13-27(14-12-26)23(28)19(17-25)16-18-2-6-22(7-3-18)30-15-10-24/h2-9,16H,11-15H2,1H3/b19-16+. The van der Waals surface area contributed by atoms with Crippen molar-refractivity contribution in [2.24, 2.45) is 0 Å². The summed E-state index contributed by atoms with van der Waals surface area (Å²) in [6.45, 7) is 2.46. The molecule has 1 aliphatic heterocycles. The highest BCUT2D eigenvalue weighted by Crippen LogP contribution is 2.21. The smallest absolute Gasteiger partial charge is 0.264 e. The third-order valence-electron chi connectivity index (χ3n) is 4.85. The molecule has 0 aliphatic carbocycles. The van der Waals surface area contributed by atoms with Crippen LogP contribution in [-0.2, 0) is 4.79 Å². The van der Waals surface area contributed by atoms with Gasteiger partial charge in [-0.05, 0) is 48.0 Å². The second-order valence-corrected chi connectivity index (χ2v) is 6.66. The molecule has 3 rings (SSSR count). The second kappa shape index (κ2) is 9.99. The molecule has 1 heterocycles. The van der Waals surface area contributed by atoms with Crippen molar-refractivity contribution in [2.75, 3.05) is 44.8 Å². The largest absolute Gasteiger partial charge is 0.497 e. The first kappa shape index (κ1) is 20.8. The van der Waals surface area contributed by atoms with Gasteiger partial charge in [0.25, 0.3) is 5.91 Å². The molecule has 0 N–H and O–H groups in total. The van der Waals surface area contributed by atoms with Crippen molar-refractivity contribution in [3.8, 4) is 23.6 Å². The van der Waals surface area contributed by atoms with Gasteiger partial charge in [0.2, 0.25) is 0 Å². The van der Waals surface area contributed by atoms with Gasteiger partial charge in [0.1, 0.15) is 29.2 Å². The second-order valence-electron chi connectivity index (χ2n) is 6.66. The molecule has 1 aliphatic rings. The number of amides is 1. The van der Waals surface area contributed by atoms with Crippen LogP contribution in [0, 0.1) is 22.7 Å². The van der Waals surface area contributed by atoms with Gasteiger partial charge < -0.3 is 19.3 Å². The molecule has 0 atom stereocenters. The van der Waals surface area contributed by atoms with Gasteiger partial charge in [-0.1, -0.05) is 12.1 Å². The normalized spacial score (nSPS) is 13.9. The predicted molar refractivity (Wildman–Crippen MR) is 113 cm³/mol. The number of carbonyl (C=O) groups excluding carboxylic acids is 1. The van der Waals surface area contributed by atoms with Crippen molar-refractivity contribution in [3.63, 3.8) is 0 Å². The highest BCUT2D eigenvalue weighted by molar-refractivity contribution is 6.01. The highest BCUT2D eigenvalue weighted by atomic mass is 16.5. The van der Waals surface area contributed by atoms with Crippen LogP contribution < -0.4 is 14.4 Å². The number of hydrogen-bond acceptors (Lipinski definition) is 6. The van der Waals surface area contributed by atoms with E-state index < -0.39 is 0 Å². The number of carbonyl (C=O) groups is 1. The maximum Gasteiger partial charge on any atom is 0.264 e. The molecule has 0 radical (unpaired) electrons. The topological polar surface area (TPSA) is 89.6 Å². The van der Waals surface area contributed by atoms with Gasteiger partial charge >= 0.3 is 0 Å². The van der Waals surface area contributed by atoms with Gasteiger partial charge in [0.15, 0.2) is 6.61 Å². The predicted octanol–water partition coefficient (Wildman–Crippen LogP) is 2.85. The van der Waals surface area contributed by atoms with Gasteiger partial charge in [-0.2, -0.15) is 10.5 Å². The van der Waals surface area contributed by atoms with E-state index in [0.29, 0.717) is 31.9 Å². The Morgan fingerprint density at radius 3 is 2.20 bits per heavy atom. The van der Waals surface area contributed by atoms with Crippen molar-refractivity contribution in [1.29, 1.82) is 10.5 Å². The average Bonchev–Trinajstić information content (AvgIpc) is 2.81. The monoisotopic (exact) mass is 402 g/mol. The Morgan fingerprint density at radius 2 is 1.63 bits per heavy atom. The maximum atomic E-state index is 12.8. The summed E-state index contributed by atoms with van der Waals surface area (Å²) < 4.78 is 10.4. The molecule has 7 heteroatoms. The zero-order valence-electron chi connectivity index (χ0n) is 16.7. The van der Waals surface area contributed by atoms with E-state index in [9.17, 15) is 10.1 Å². The zero-order valence-corrected chi connectivity index (χ0v) is 16.7. The molecule has 30 heavy (non-hydrogen) atoms. The number of hydrogen-bond donors (Lipinski definition) is 0. The summed E-state index contributed by atoms with van der Waals surface area (Å²) in [6, 6.07) is 18.7. The Balaban J connectivity index is 1.61. The minimum Gasteiger partial charge on any atom is -0.497 e.